The Hall–Kier alpha value is 0.880. The lowest BCUT2D eigenvalue weighted by Gasteiger charge is -2.01. The van der Waals surface area contributed by atoms with Gasteiger partial charge in [-0.3, -0.25) is 0 Å². The van der Waals surface area contributed by atoms with Crippen LogP contribution in [-0.2, 0) is 0 Å². The molecule has 20 heavy (non-hydrogen) atoms. The van der Waals surface area contributed by atoms with E-state index in [9.17, 15) is 0 Å². The number of rotatable bonds is 0. The van der Waals surface area contributed by atoms with E-state index in [0.29, 0.717) is 0 Å². The Labute approximate surface area is 142 Å². The molecular formula is C16H28S4. The van der Waals surface area contributed by atoms with Crippen molar-refractivity contribution in [3.63, 3.8) is 0 Å². The predicted octanol–water partition coefficient (Wildman–Crippen LogP) is 7.00. The maximum atomic E-state index is 2.29. The second kappa shape index (κ2) is 16.3. The predicted molar refractivity (Wildman–Crippen MR) is 105 cm³/mol. The molecular weight excluding hydrogens is 320 g/mol. The van der Waals surface area contributed by atoms with Crippen molar-refractivity contribution in [2.24, 2.45) is 0 Å². The zero-order valence-corrected chi connectivity index (χ0v) is 15.7. The summed E-state index contributed by atoms with van der Waals surface area (Å²) in [4.78, 5) is 0. The first-order valence-corrected chi connectivity index (χ1v) is 12.0. The van der Waals surface area contributed by atoms with Gasteiger partial charge < -0.3 is 0 Å². The van der Waals surface area contributed by atoms with Gasteiger partial charge in [-0.25, -0.2) is 0 Å². The minimum atomic E-state index is 1.29. The number of thioether (sulfide) groups is 4. The largest absolute Gasteiger partial charge is 0.134 e. The summed E-state index contributed by atoms with van der Waals surface area (Å²) >= 11 is 7.93. The normalized spacial score (nSPS) is 25.6. The van der Waals surface area contributed by atoms with E-state index in [0.717, 1.165) is 0 Å². The Morgan fingerprint density at radius 1 is 0.350 bits per heavy atom. The summed E-state index contributed by atoms with van der Waals surface area (Å²) in [5.74, 6) is 5.17. The minimum Gasteiger partial charge on any atom is -0.134 e. The molecule has 0 nitrogen and oxygen atoms in total. The maximum absolute atomic E-state index is 2.29. The second-order valence-corrected chi connectivity index (χ2v) is 8.91. The topological polar surface area (TPSA) is 0 Å². The Morgan fingerprint density at radius 2 is 0.600 bits per heavy atom. The van der Waals surface area contributed by atoms with Gasteiger partial charge in [-0.2, -0.15) is 0 Å². The molecule has 1 heterocycles. The van der Waals surface area contributed by atoms with Crippen LogP contribution in [0.2, 0.25) is 0 Å². The van der Waals surface area contributed by atoms with Crippen molar-refractivity contribution < 1.29 is 0 Å². The fourth-order valence-corrected chi connectivity index (χ4v) is 5.16. The highest BCUT2D eigenvalue weighted by Gasteiger charge is 1.93. The average molecular weight is 349 g/mol. The molecule has 0 saturated heterocycles. The Balaban J connectivity index is 2.11. The molecule has 0 spiro atoms. The maximum Gasteiger partial charge on any atom is -0.00258 e. The Bertz CT molecular complexity index is 201. The molecule has 0 aromatic carbocycles. The number of hydrogen-bond donors (Lipinski definition) is 0. The Kier molecular flexibility index (Phi) is 15.4. The summed E-state index contributed by atoms with van der Waals surface area (Å²) in [6.45, 7) is 0. The highest BCUT2D eigenvalue weighted by Crippen LogP contribution is 2.17. The van der Waals surface area contributed by atoms with Crippen LogP contribution >= 0.6 is 47.0 Å². The van der Waals surface area contributed by atoms with E-state index < -0.39 is 0 Å². The molecule has 1 rings (SSSR count). The standard InChI is InChI=1S/C16H28S4/c1-2-6-10-18-15-16-20-12-8-4-3-7-11-19-14-13-17-9-5-1/h13-16H,1-12H2/b14-13+,16-15+. The minimum absolute atomic E-state index is 1.29. The van der Waals surface area contributed by atoms with Crippen LogP contribution < -0.4 is 0 Å². The molecule has 4 heteroatoms. The second-order valence-electron chi connectivity index (χ2n) is 4.86. The molecule has 0 atom stereocenters. The summed E-state index contributed by atoms with van der Waals surface area (Å²) in [7, 11) is 0. The first-order valence-electron chi connectivity index (χ1n) is 7.76. The van der Waals surface area contributed by atoms with E-state index in [4.69, 9.17) is 0 Å². The van der Waals surface area contributed by atoms with Gasteiger partial charge in [0.25, 0.3) is 0 Å². The van der Waals surface area contributed by atoms with Gasteiger partial charge in [-0.05, 0) is 70.3 Å². The Morgan fingerprint density at radius 3 is 0.850 bits per heavy atom. The molecule has 0 radical (unpaired) electrons. The smallest absolute Gasteiger partial charge is 0.00258 e. The SMILES string of the molecule is C1=C/SCCCCCCS/C=C/SCCCCCCS/1. The van der Waals surface area contributed by atoms with Crippen molar-refractivity contribution in [1.29, 1.82) is 0 Å². The van der Waals surface area contributed by atoms with E-state index in [2.05, 4.69) is 21.6 Å². The fourth-order valence-electron chi connectivity index (χ4n) is 1.88. The van der Waals surface area contributed by atoms with E-state index in [-0.39, 0.29) is 0 Å². The molecule has 0 unspecified atom stereocenters. The first-order chi connectivity index (χ1) is 10.0. The zero-order chi connectivity index (χ0) is 14.1. The third kappa shape index (κ3) is 13.8. The molecule has 116 valence electrons. The van der Waals surface area contributed by atoms with Gasteiger partial charge in [0.2, 0.25) is 0 Å². The van der Waals surface area contributed by atoms with Gasteiger partial charge in [-0.1, -0.05) is 25.7 Å². The highest BCUT2D eigenvalue weighted by atomic mass is 32.2. The van der Waals surface area contributed by atoms with Gasteiger partial charge in [0.1, 0.15) is 0 Å². The summed E-state index contributed by atoms with van der Waals surface area (Å²) in [6.07, 6.45) is 11.1. The van der Waals surface area contributed by atoms with Crippen molar-refractivity contribution in [3.8, 4) is 0 Å². The van der Waals surface area contributed by atoms with Crippen LogP contribution in [0, 0.1) is 0 Å². The molecule has 0 saturated carbocycles. The van der Waals surface area contributed by atoms with Crippen LogP contribution in [0.25, 0.3) is 0 Å². The lowest BCUT2D eigenvalue weighted by molar-refractivity contribution is 0.712. The zero-order valence-electron chi connectivity index (χ0n) is 12.4. The molecule has 0 bridgehead atoms. The molecule has 1 aliphatic rings. The van der Waals surface area contributed by atoms with Crippen LogP contribution in [0.4, 0.5) is 0 Å². The van der Waals surface area contributed by atoms with Crippen LogP contribution in [0.1, 0.15) is 51.4 Å². The van der Waals surface area contributed by atoms with Crippen LogP contribution in [0.5, 0.6) is 0 Å². The van der Waals surface area contributed by atoms with Crippen LogP contribution in [0.15, 0.2) is 21.6 Å². The summed E-state index contributed by atoms with van der Waals surface area (Å²) in [6, 6.07) is 0. The molecule has 0 amide bonds. The van der Waals surface area contributed by atoms with E-state index in [1.165, 1.54) is 74.4 Å². The lowest BCUT2D eigenvalue weighted by atomic mass is 10.2. The summed E-state index contributed by atoms with van der Waals surface area (Å²) < 4.78 is 0. The lowest BCUT2D eigenvalue weighted by Crippen LogP contribution is -1.83. The van der Waals surface area contributed by atoms with E-state index in [1.54, 1.807) is 0 Å². The molecule has 1 aliphatic heterocycles. The summed E-state index contributed by atoms with van der Waals surface area (Å²) in [5.41, 5.74) is 0. The number of hydrogen-bond acceptors (Lipinski definition) is 4. The molecule has 0 aromatic heterocycles. The average Bonchev–Trinajstić information content (AvgIpc) is 2.46. The third-order valence-electron chi connectivity index (χ3n) is 3.04. The van der Waals surface area contributed by atoms with Crippen LogP contribution in [-0.4, -0.2) is 23.0 Å². The van der Waals surface area contributed by atoms with Crippen molar-refractivity contribution in [2.45, 2.75) is 51.4 Å². The highest BCUT2D eigenvalue weighted by molar-refractivity contribution is 8.05. The first kappa shape index (κ1) is 18.9. The van der Waals surface area contributed by atoms with Gasteiger partial charge in [0.05, 0.1) is 0 Å². The van der Waals surface area contributed by atoms with Gasteiger partial charge in [-0.15, -0.1) is 47.0 Å². The molecule has 0 N–H and O–H groups in total. The van der Waals surface area contributed by atoms with Crippen LogP contribution in [0.3, 0.4) is 0 Å². The third-order valence-corrected chi connectivity index (χ3v) is 6.80. The van der Waals surface area contributed by atoms with Crippen molar-refractivity contribution >= 4 is 47.0 Å². The quantitative estimate of drug-likeness (QED) is 0.462. The van der Waals surface area contributed by atoms with Gasteiger partial charge in [0, 0.05) is 0 Å². The van der Waals surface area contributed by atoms with Crippen molar-refractivity contribution in [3.05, 3.63) is 21.6 Å². The molecule has 0 fully saturated rings. The fraction of sp³-hybridized carbons (Fsp3) is 0.750. The molecule has 0 aromatic rings. The van der Waals surface area contributed by atoms with E-state index >= 15 is 0 Å². The van der Waals surface area contributed by atoms with Crippen molar-refractivity contribution in [2.75, 3.05) is 23.0 Å². The summed E-state index contributed by atoms with van der Waals surface area (Å²) in [5, 5.41) is 9.17. The van der Waals surface area contributed by atoms with Gasteiger partial charge >= 0.3 is 0 Å². The van der Waals surface area contributed by atoms with E-state index in [1.807, 2.05) is 47.0 Å². The molecule has 0 aliphatic carbocycles. The van der Waals surface area contributed by atoms with Crippen molar-refractivity contribution in [1.82, 2.24) is 0 Å². The monoisotopic (exact) mass is 348 g/mol. The van der Waals surface area contributed by atoms with Gasteiger partial charge in [0.15, 0.2) is 0 Å².